The van der Waals surface area contributed by atoms with Gasteiger partial charge in [0.1, 0.15) is 5.82 Å². The summed E-state index contributed by atoms with van der Waals surface area (Å²) in [5.74, 6) is 5.02. The molecule has 0 aliphatic rings. The smallest absolute Gasteiger partial charge is 0.252 e. The standard InChI is InChI=1S/C16H11ClFNO/c17-15-6-2-1-4-12(15)5-3-11-19-16(20)13-7-9-14(18)10-8-13/h1-2,4,6-10H,11H2,(H,19,20). The largest absolute Gasteiger partial charge is 0.341 e. The van der Waals surface area contributed by atoms with Gasteiger partial charge < -0.3 is 5.32 Å². The highest BCUT2D eigenvalue weighted by Crippen LogP contribution is 2.12. The van der Waals surface area contributed by atoms with E-state index in [0.29, 0.717) is 16.1 Å². The van der Waals surface area contributed by atoms with E-state index in [2.05, 4.69) is 17.2 Å². The minimum absolute atomic E-state index is 0.196. The van der Waals surface area contributed by atoms with Gasteiger partial charge in [-0.05, 0) is 36.4 Å². The number of amides is 1. The second kappa shape index (κ2) is 6.74. The maximum Gasteiger partial charge on any atom is 0.252 e. The van der Waals surface area contributed by atoms with Crippen LogP contribution in [0.4, 0.5) is 4.39 Å². The van der Waals surface area contributed by atoms with E-state index in [0.717, 1.165) is 0 Å². The van der Waals surface area contributed by atoms with Crippen molar-refractivity contribution >= 4 is 17.5 Å². The summed E-state index contributed by atoms with van der Waals surface area (Å²) < 4.78 is 12.7. The van der Waals surface area contributed by atoms with E-state index in [1.807, 2.05) is 12.1 Å². The van der Waals surface area contributed by atoms with Crippen LogP contribution in [0.5, 0.6) is 0 Å². The van der Waals surface area contributed by atoms with Gasteiger partial charge in [0.15, 0.2) is 0 Å². The molecule has 2 aromatic carbocycles. The Labute approximate surface area is 121 Å². The third-order valence-electron chi connectivity index (χ3n) is 2.54. The van der Waals surface area contributed by atoms with Crippen LogP contribution in [0.3, 0.4) is 0 Å². The lowest BCUT2D eigenvalue weighted by Gasteiger charge is -2.00. The molecule has 20 heavy (non-hydrogen) atoms. The Morgan fingerprint density at radius 2 is 1.85 bits per heavy atom. The van der Waals surface area contributed by atoms with Gasteiger partial charge in [0.05, 0.1) is 11.6 Å². The fraction of sp³-hybridized carbons (Fsp3) is 0.0625. The molecule has 0 fully saturated rings. The van der Waals surface area contributed by atoms with Crippen molar-refractivity contribution < 1.29 is 9.18 Å². The van der Waals surface area contributed by atoms with Crippen molar-refractivity contribution in [3.63, 3.8) is 0 Å². The summed E-state index contributed by atoms with van der Waals surface area (Å²) in [7, 11) is 0. The average Bonchev–Trinajstić information content (AvgIpc) is 2.46. The third-order valence-corrected chi connectivity index (χ3v) is 2.87. The monoisotopic (exact) mass is 287 g/mol. The van der Waals surface area contributed by atoms with Crippen LogP contribution in [0.25, 0.3) is 0 Å². The Bertz CT molecular complexity index is 671. The summed E-state index contributed by atoms with van der Waals surface area (Å²) in [6, 6.07) is 12.5. The molecule has 0 aliphatic heterocycles. The summed E-state index contributed by atoms with van der Waals surface area (Å²) in [5, 5.41) is 3.20. The van der Waals surface area contributed by atoms with Gasteiger partial charge in [-0.25, -0.2) is 4.39 Å². The van der Waals surface area contributed by atoms with E-state index in [9.17, 15) is 9.18 Å². The SMILES string of the molecule is O=C(NCC#Cc1ccccc1Cl)c1ccc(F)cc1. The molecule has 2 rings (SSSR count). The van der Waals surface area contributed by atoms with Gasteiger partial charge in [-0.15, -0.1) is 0 Å². The Morgan fingerprint density at radius 1 is 1.15 bits per heavy atom. The molecule has 100 valence electrons. The Hall–Kier alpha value is -2.31. The van der Waals surface area contributed by atoms with Gasteiger partial charge in [0.25, 0.3) is 5.91 Å². The molecule has 0 saturated carbocycles. The van der Waals surface area contributed by atoms with Crippen LogP contribution in [0.1, 0.15) is 15.9 Å². The topological polar surface area (TPSA) is 29.1 Å². The average molecular weight is 288 g/mol. The predicted octanol–water partition coefficient (Wildman–Crippen LogP) is 3.26. The second-order valence-corrected chi connectivity index (χ2v) is 4.38. The van der Waals surface area contributed by atoms with Crippen LogP contribution in [0.2, 0.25) is 5.02 Å². The second-order valence-electron chi connectivity index (χ2n) is 3.97. The highest BCUT2D eigenvalue weighted by Gasteiger charge is 2.03. The van der Waals surface area contributed by atoms with Crippen molar-refractivity contribution in [2.45, 2.75) is 0 Å². The molecule has 0 bridgehead atoms. The number of halogens is 2. The summed E-state index contributed by atoms with van der Waals surface area (Å²) in [6.07, 6.45) is 0. The van der Waals surface area contributed by atoms with Crippen LogP contribution in [-0.4, -0.2) is 12.5 Å². The fourth-order valence-electron chi connectivity index (χ4n) is 1.53. The van der Waals surface area contributed by atoms with E-state index in [1.165, 1.54) is 24.3 Å². The number of carbonyl (C=O) groups is 1. The zero-order valence-electron chi connectivity index (χ0n) is 10.5. The van der Waals surface area contributed by atoms with E-state index in [4.69, 9.17) is 11.6 Å². The fourth-order valence-corrected chi connectivity index (χ4v) is 1.71. The molecule has 2 aromatic rings. The van der Waals surface area contributed by atoms with Gasteiger partial charge >= 0.3 is 0 Å². The molecular weight excluding hydrogens is 277 g/mol. The van der Waals surface area contributed by atoms with Gasteiger partial charge in [-0.1, -0.05) is 35.6 Å². The quantitative estimate of drug-likeness (QED) is 0.844. The molecule has 1 N–H and O–H groups in total. The zero-order chi connectivity index (χ0) is 14.4. The van der Waals surface area contributed by atoms with Crippen molar-refractivity contribution in [3.8, 4) is 11.8 Å². The first-order valence-corrected chi connectivity index (χ1v) is 6.32. The molecule has 0 aromatic heterocycles. The molecule has 0 unspecified atom stereocenters. The summed E-state index contributed by atoms with van der Waals surface area (Å²) in [5.41, 5.74) is 1.11. The number of nitrogens with one attached hydrogen (secondary N) is 1. The molecular formula is C16H11ClFNO. The minimum Gasteiger partial charge on any atom is -0.341 e. The predicted molar refractivity (Wildman–Crippen MR) is 77.1 cm³/mol. The van der Waals surface area contributed by atoms with Gasteiger partial charge in [0.2, 0.25) is 0 Å². The highest BCUT2D eigenvalue weighted by atomic mass is 35.5. The summed E-state index contributed by atoms with van der Waals surface area (Å²) in [4.78, 5) is 11.7. The van der Waals surface area contributed by atoms with Crippen molar-refractivity contribution in [3.05, 3.63) is 70.5 Å². The Balaban J connectivity index is 1.92. The first-order valence-electron chi connectivity index (χ1n) is 5.94. The number of hydrogen-bond donors (Lipinski definition) is 1. The van der Waals surface area contributed by atoms with E-state index in [-0.39, 0.29) is 18.3 Å². The van der Waals surface area contributed by atoms with Crippen LogP contribution < -0.4 is 5.32 Å². The van der Waals surface area contributed by atoms with E-state index in [1.54, 1.807) is 12.1 Å². The first-order chi connectivity index (χ1) is 9.66. The lowest BCUT2D eigenvalue weighted by molar-refractivity contribution is 0.0958. The normalized spacial score (nSPS) is 9.50. The maximum atomic E-state index is 12.7. The van der Waals surface area contributed by atoms with Crippen LogP contribution in [-0.2, 0) is 0 Å². The van der Waals surface area contributed by atoms with Crippen molar-refractivity contribution in [1.82, 2.24) is 5.32 Å². The van der Waals surface area contributed by atoms with Gasteiger partial charge in [-0.3, -0.25) is 4.79 Å². The molecule has 0 saturated heterocycles. The number of rotatable bonds is 2. The van der Waals surface area contributed by atoms with Crippen molar-refractivity contribution in [2.24, 2.45) is 0 Å². The molecule has 0 aliphatic carbocycles. The zero-order valence-corrected chi connectivity index (χ0v) is 11.2. The molecule has 0 heterocycles. The van der Waals surface area contributed by atoms with Crippen LogP contribution >= 0.6 is 11.6 Å². The lowest BCUT2D eigenvalue weighted by Crippen LogP contribution is -2.23. The summed E-state index contributed by atoms with van der Waals surface area (Å²) >= 11 is 5.95. The molecule has 0 atom stereocenters. The van der Waals surface area contributed by atoms with Gasteiger partial charge in [-0.2, -0.15) is 0 Å². The van der Waals surface area contributed by atoms with E-state index < -0.39 is 0 Å². The highest BCUT2D eigenvalue weighted by molar-refractivity contribution is 6.31. The minimum atomic E-state index is -0.375. The van der Waals surface area contributed by atoms with Crippen molar-refractivity contribution in [2.75, 3.05) is 6.54 Å². The van der Waals surface area contributed by atoms with Gasteiger partial charge in [0, 0.05) is 11.1 Å². The lowest BCUT2D eigenvalue weighted by atomic mass is 10.2. The molecule has 0 radical (unpaired) electrons. The molecule has 0 spiro atoms. The van der Waals surface area contributed by atoms with Crippen LogP contribution in [0, 0.1) is 17.7 Å². The van der Waals surface area contributed by atoms with E-state index >= 15 is 0 Å². The molecule has 1 amide bonds. The van der Waals surface area contributed by atoms with Crippen molar-refractivity contribution in [1.29, 1.82) is 0 Å². The first kappa shape index (κ1) is 14.1. The number of benzene rings is 2. The maximum absolute atomic E-state index is 12.7. The summed E-state index contributed by atoms with van der Waals surface area (Å²) in [6.45, 7) is 0.196. The number of hydrogen-bond acceptors (Lipinski definition) is 1. The third kappa shape index (κ3) is 3.84. The molecule has 4 heteroatoms. The number of carbonyl (C=O) groups excluding carboxylic acids is 1. The van der Waals surface area contributed by atoms with Crippen LogP contribution in [0.15, 0.2) is 48.5 Å². The molecule has 2 nitrogen and oxygen atoms in total. The Kier molecular flexibility index (Phi) is 4.75. The Morgan fingerprint density at radius 3 is 2.55 bits per heavy atom.